The van der Waals surface area contributed by atoms with Crippen LogP contribution < -0.4 is 0 Å². The molecule has 1 heteroatoms. The van der Waals surface area contributed by atoms with Crippen molar-refractivity contribution in [3.05, 3.63) is 33.8 Å². The summed E-state index contributed by atoms with van der Waals surface area (Å²) in [5.41, 5.74) is 2.21. The smallest absolute Gasteiger partial charge is 0.0515 e. The Bertz CT molecular complexity index is 356. The molecular formula is C12H13Br. The van der Waals surface area contributed by atoms with Crippen LogP contribution in [0.3, 0.4) is 0 Å². The van der Waals surface area contributed by atoms with Crippen molar-refractivity contribution in [1.82, 2.24) is 0 Å². The minimum Gasteiger partial charge on any atom is -0.119 e. The quantitative estimate of drug-likeness (QED) is 0.654. The van der Waals surface area contributed by atoms with Crippen LogP contribution in [0.5, 0.6) is 0 Å². The van der Waals surface area contributed by atoms with E-state index in [-0.39, 0.29) is 5.41 Å². The molecule has 0 amide bonds. The first-order valence-electron chi connectivity index (χ1n) is 4.22. The van der Waals surface area contributed by atoms with Gasteiger partial charge in [0.25, 0.3) is 0 Å². The Hall–Kier alpha value is -0.740. The molecule has 0 fully saturated rings. The number of rotatable bonds is 1. The van der Waals surface area contributed by atoms with E-state index in [0.717, 1.165) is 4.47 Å². The number of terminal acetylenes is 1. The monoisotopic (exact) mass is 236 g/mol. The van der Waals surface area contributed by atoms with Gasteiger partial charge in [0.1, 0.15) is 0 Å². The average Bonchev–Trinajstić information content (AvgIpc) is 2.09. The van der Waals surface area contributed by atoms with E-state index >= 15 is 0 Å². The summed E-state index contributed by atoms with van der Waals surface area (Å²) in [5.74, 6) is 2.80. The highest BCUT2D eigenvalue weighted by Crippen LogP contribution is 2.30. The Morgan fingerprint density at radius 3 is 2.54 bits per heavy atom. The Morgan fingerprint density at radius 2 is 2.00 bits per heavy atom. The van der Waals surface area contributed by atoms with Crippen molar-refractivity contribution >= 4 is 15.9 Å². The molecule has 0 N–H and O–H groups in total. The lowest BCUT2D eigenvalue weighted by molar-refractivity contribution is 0.694. The molecular weight excluding hydrogens is 224 g/mol. The van der Waals surface area contributed by atoms with Gasteiger partial charge in [0.15, 0.2) is 0 Å². The second-order valence-electron chi connectivity index (χ2n) is 3.75. The van der Waals surface area contributed by atoms with Gasteiger partial charge in [-0.1, -0.05) is 39.5 Å². The molecule has 1 aromatic carbocycles. The van der Waals surface area contributed by atoms with E-state index in [2.05, 4.69) is 40.9 Å². The summed E-state index contributed by atoms with van der Waals surface area (Å²) in [6.07, 6.45) is 5.49. The van der Waals surface area contributed by atoms with Gasteiger partial charge in [-0.25, -0.2) is 0 Å². The minimum atomic E-state index is -0.204. The Kier molecular flexibility index (Phi) is 2.83. The Balaban J connectivity index is 3.30. The van der Waals surface area contributed by atoms with Crippen LogP contribution >= 0.6 is 15.9 Å². The van der Waals surface area contributed by atoms with Gasteiger partial charge in [0.2, 0.25) is 0 Å². The zero-order valence-electron chi connectivity index (χ0n) is 8.19. The molecule has 0 nitrogen and oxygen atoms in total. The van der Waals surface area contributed by atoms with E-state index in [0.29, 0.717) is 0 Å². The van der Waals surface area contributed by atoms with Crippen molar-refractivity contribution < 1.29 is 0 Å². The van der Waals surface area contributed by atoms with E-state index in [1.54, 1.807) is 0 Å². The SMILES string of the molecule is C#CC(C)(C)c1cc(C)ccc1Br. The molecule has 1 aromatic rings. The highest BCUT2D eigenvalue weighted by Gasteiger charge is 2.19. The summed E-state index contributed by atoms with van der Waals surface area (Å²) in [6.45, 7) is 6.17. The molecule has 0 radical (unpaired) electrons. The van der Waals surface area contributed by atoms with Crippen LogP contribution in [0.25, 0.3) is 0 Å². The van der Waals surface area contributed by atoms with Crippen LogP contribution in [0.4, 0.5) is 0 Å². The predicted molar refractivity (Wildman–Crippen MR) is 60.7 cm³/mol. The lowest BCUT2D eigenvalue weighted by Gasteiger charge is -2.20. The molecule has 68 valence electrons. The van der Waals surface area contributed by atoms with Gasteiger partial charge in [0.05, 0.1) is 5.41 Å². The molecule has 0 bridgehead atoms. The first kappa shape index (κ1) is 10.3. The fourth-order valence-corrected chi connectivity index (χ4v) is 1.94. The van der Waals surface area contributed by atoms with Crippen LogP contribution in [0.15, 0.2) is 22.7 Å². The molecule has 0 spiro atoms. The maximum atomic E-state index is 5.49. The molecule has 0 heterocycles. The van der Waals surface area contributed by atoms with E-state index in [1.165, 1.54) is 11.1 Å². The van der Waals surface area contributed by atoms with Crippen molar-refractivity contribution in [2.75, 3.05) is 0 Å². The topological polar surface area (TPSA) is 0 Å². The first-order valence-corrected chi connectivity index (χ1v) is 5.01. The van der Waals surface area contributed by atoms with E-state index in [4.69, 9.17) is 6.42 Å². The third kappa shape index (κ3) is 2.14. The fourth-order valence-electron chi connectivity index (χ4n) is 1.20. The lowest BCUT2D eigenvalue weighted by atomic mass is 9.85. The number of hydrogen-bond acceptors (Lipinski definition) is 0. The fraction of sp³-hybridized carbons (Fsp3) is 0.333. The molecule has 0 aromatic heterocycles. The summed E-state index contributed by atoms with van der Waals surface area (Å²) in [6, 6.07) is 6.24. The highest BCUT2D eigenvalue weighted by atomic mass is 79.9. The molecule has 0 saturated heterocycles. The maximum absolute atomic E-state index is 5.49. The molecule has 1 rings (SSSR count). The summed E-state index contributed by atoms with van der Waals surface area (Å²) in [5, 5.41) is 0. The van der Waals surface area contributed by atoms with E-state index < -0.39 is 0 Å². The molecule has 0 unspecified atom stereocenters. The second-order valence-corrected chi connectivity index (χ2v) is 4.61. The number of aryl methyl sites for hydroxylation is 1. The van der Waals surface area contributed by atoms with Gasteiger partial charge in [-0.2, -0.15) is 0 Å². The standard InChI is InChI=1S/C12H13Br/c1-5-12(3,4)10-8-9(2)6-7-11(10)13/h1,6-8H,2-4H3. The lowest BCUT2D eigenvalue weighted by Crippen LogP contribution is -2.14. The Labute approximate surface area is 88.5 Å². The second kappa shape index (κ2) is 3.55. The largest absolute Gasteiger partial charge is 0.119 e. The van der Waals surface area contributed by atoms with Gasteiger partial charge in [0, 0.05) is 4.47 Å². The minimum absolute atomic E-state index is 0.204. The Morgan fingerprint density at radius 1 is 1.38 bits per heavy atom. The van der Waals surface area contributed by atoms with Crippen LogP contribution in [0, 0.1) is 19.3 Å². The van der Waals surface area contributed by atoms with E-state index in [1.807, 2.05) is 19.9 Å². The number of benzene rings is 1. The number of hydrogen-bond donors (Lipinski definition) is 0. The van der Waals surface area contributed by atoms with Crippen LogP contribution in [-0.2, 0) is 5.41 Å². The first-order chi connectivity index (χ1) is 5.97. The zero-order chi connectivity index (χ0) is 10.1. The normalized spacial score (nSPS) is 11.0. The van der Waals surface area contributed by atoms with Gasteiger partial charge in [-0.3, -0.25) is 0 Å². The highest BCUT2D eigenvalue weighted by molar-refractivity contribution is 9.10. The summed E-state index contributed by atoms with van der Waals surface area (Å²) in [4.78, 5) is 0. The van der Waals surface area contributed by atoms with Crippen molar-refractivity contribution in [2.24, 2.45) is 0 Å². The van der Waals surface area contributed by atoms with Crippen LogP contribution in [0.1, 0.15) is 25.0 Å². The molecule has 0 aliphatic rings. The van der Waals surface area contributed by atoms with Crippen molar-refractivity contribution in [1.29, 1.82) is 0 Å². The summed E-state index contributed by atoms with van der Waals surface area (Å²) >= 11 is 3.51. The molecule has 0 saturated carbocycles. The molecule has 0 atom stereocenters. The molecule has 13 heavy (non-hydrogen) atoms. The third-order valence-electron chi connectivity index (χ3n) is 2.16. The van der Waals surface area contributed by atoms with E-state index in [9.17, 15) is 0 Å². The van der Waals surface area contributed by atoms with Crippen molar-refractivity contribution in [3.8, 4) is 12.3 Å². The third-order valence-corrected chi connectivity index (χ3v) is 2.85. The summed E-state index contributed by atoms with van der Waals surface area (Å²) in [7, 11) is 0. The summed E-state index contributed by atoms with van der Waals surface area (Å²) < 4.78 is 1.08. The molecule has 0 aliphatic carbocycles. The van der Waals surface area contributed by atoms with Crippen LogP contribution in [-0.4, -0.2) is 0 Å². The molecule has 0 aliphatic heterocycles. The zero-order valence-corrected chi connectivity index (χ0v) is 9.77. The van der Waals surface area contributed by atoms with Crippen molar-refractivity contribution in [2.45, 2.75) is 26.2 Å². The van der Waals surface area contributed by atoms with Crippen molar-refractivity contribution in [3.63, 3.8) is 0 Å². The van der Waals surface area contributed by atoms with Gasteiger partial charge in [-0.05, 0) is 32.4 Å². The predicted octanol–water partition coefficient (Wildman–Crippen LogP) is 3.67. The average molecular weight is 237 g/mol. The van der Waals surface area contributed by atoms with Gasteiger partial charge < -0.3 is 0 Å². The van der Waals surface area contributed by atoms with Gasteiger partial charge >= 0.3 is 0 Å². The van der Waals surface area contributed by atoms with Gasteiger partial charge in [-0.15, -0.1) is 6.42 Å². The van der Waals surface area contributed by atoms with Crippen LogP contribution in [0.2, 0.25) is 0 Å². The number of halogens is 1. The maximum Gasteiger partial charge on any atom is 0.0515 e.